The Hall–Kier alpha value is -4.20. The minimum atomic E-state index is -3.98. The molecule has 292 valence electrons. The number of nitrogens with zero attached hydrogens (tertiary/aromatic N) is 2. The minimum Gasteiger partial charge on any atom is -0.483 e. The topological polar surface area (TPSA) is 173 Å². The van der Waals surface area contributed by atoms with Gasteiger partial charge in [0.1, 0.15) is 29.0 Å². The standard InChI is InChI=1S/C40H53N5O8S/c1-25-32-28(27-14-11-12-15-29(27)41-25)17-18-39(53-32)22-31-33(46)43-40(35(48)44-54(50,51)38(5)19-20-38)21-26(40)13-9-7-6-8-10-16-30(34(47)45(31)23-39)42-36(49)52-24-37(2,3)4/h9,11-15,26,30-31H,6-8,10,16-24H2,1-5H3,(H,42,49)(H,43,46)(H,44,48). The number of sulfonamides is 1. The average molecular weight is 764 g/mol. The van der Waals surface area contributed by atoms with Gasteiger partial charge >= 0.3 is 6.09 Å². The Balaban J connectivity index is 1.22. The fraction of sp³-hybridized carbons (Fsp3) is 0.625. The molecule has 5 unspecified atom stereocenters. The summed E-state index contributed by atoms with van der Waals surface area (Å²) < 4.78 is 40.0. The summed E-state index contributed by atoms with van der Waals surface area (Å²) in [5.74, 6) is -1.57. The molecular formula is C40H53N5O8S. The molecule has 5 atom stereocenters. The van der Waals surface area contributed by atoms with E-state index in [9.17, 15) is 27.6 Å². The molecule has 7 rings (SSSR count). The summed E-state index contributed by atoms with van der Waals surface area (Å²) in [6.45, 7) is 9.54. The molecule has 0 radical (unpaired) electrons. The van der Waals surface area contributed by atoms with Crippen LogP contribution in [0, 0.1) is 18.3 Å². The molecule has 14 heteroatoms. The number of aryl methyl sites for hydroxylation is 2. The lowest BCUT2D eigenvalue weighted by Gasteiger charge is -2.36. The van der Waals surface area contributed by atoms with Crippen molar-refractivity contribution >= 4 is 44.7 Å². The number of alkyl carbamates (subject to hydrolysis) is 1. The second-order valence-corrected chi connectivity index (χ2v) is 19.7. The lowest BCUT2D eigenvalue weighted by Crippen LogP contribution is -2.58. The van der Waals surface area contributed by atoms with E-state index in [-0.39, 0.29) is 31.4 Å². The van der Waals surface area contributed by atoms with Gasteiger partial charge in [-0.2, -0.15) is 0 Å². The molecule has 1 spiro atoms. The van der Waals surface area contributed by atoms with Crippen molar-refractivity contribution in [3.63, 3.8) is 0 Å². The summed E-state index contributed by atoms with van der Waals surface area (Å²) in [7, 11) is -3.98. The van der Waals surface area contributed by atoms with Crippen LogP contribution in [0.4, 0.5) is 4.79 Å². The van der Waals surface area contributed by atoms with E-state index >= 15 is 0 Å². The summed E-state index contributed by atoms with van der Waals surface area (Å²) in [6, 6.07) is 5.84. The lowest BCUT2D eigenvalue weighted by molar-refractivity contribution is -0.141. The highest BCUT2D eigenvalue weighted by molar-refractivity contribution is 7.91. The largest absolute Gasteiger partial charge is 0.483 e. The number of amides is 4. The molecule has 54 heavy (non-hydrogen) atoms. The molecule has 13 nitrogen and oxygen atoms in total. The zero-order valence-corrected chi connectivity index (χ0v) is 32.8. The molecule has 3 aliphatic heterocycles. The molecule has 1 aromatic heterocycles. The average Bonchev–Trinajstić information content (AvgIpc) is 4.00. The van der Waals surface area contributed by atoms with E-state index in [0.29, 0.717) is 56.4 Å². The van der Waals surface area contributed by atoms with Crippen LogP contribution in [-0.4, -0.2) is 83.2 Å². The van der Waals surface area contributed by atoms with Crippen molar-refractivity contribution in [2.45, 2.75) is 133 Å². The molecule has 2 aliphatic carbocycles. The molecule has 2 saturated carbocycles. The minimum absolute atomic E-state index is 0.0696. The maximum absolute atomic E-state index is 14.7. The van der Waals surface area contributed by atoms with Crippen LogP contribution in [-0.2, 0) is 35.6 Å². The Morgan fingerprint density at radius 2 is 1.85 bits per heavy atom. The van der Waals surface area contributed by atoms with E-state index in [1.165, 1.54) is 4.90 Å². The predicted octanol–water partition coefficient (Wildman–Crippen LogP) is 4.74. The van der Waals surface area contributed by atoms with Crippen molar-refractivity contribution in [3.05, 3.63) is 47.7 Å². The quantitative estimate of drug-likeness (QED) is 0.364. The van der Waals surface area contributed by atoms with Gasteiger partial charge in [0, 0.05) is 23.3 Å². The number of para-hydroxylation sites is 1. The van der Waals surface area contributed by atoms with E-state index in [2.05, 4.69) is 15.4 Å². The molecule has 5 aliphatic rings. The van der Waals surface area contributed by atoms with Gasteiger partial charge in [-0.25, -0.2) is 18.2 Å². The van der Waals surface area contributed by atoms with Crippen molar-refractivity contribution < 1.29 is 37.1 Å². The number of fused-ring (bicyclic) bond motifs is 5. The molecule has 2 aromatic rings. The van der Waals surface area contributed by atoms with E-state index in [1.807, 2.05) is 64.1 Å². The molecule has 4 amide bonds. The van der Waals surface area contributed by atoms with Crippen LogP contribution in [0.25, 0.3) is 10.9 Å². The van der Waals surface area contributed by atoms with Crippen molar-refractivity contribution in [2.75, 3.05) is 13.2 Å². The first kappa shape index (κ1) is 38.1. The fourth-order valence-electron chi connectivity index (χ4n) is 8.11. The Morgan fingerprint density at radius 3 is 2.59 bits per heavy atom. The number of carbonyl (C=O) groups excluding carboxylic acids is 4. The first-order chi connectivity index (χ1) is 25.4. The summed E-state index contributed by atoms with van der Waals surface area (Å²) >= 11 is 0. The Kier molecular flexibility index (Phi) is 9.75. The number of carbonyl (C=O) groups is 4. The summed E-state index contributed by atoms with van der Waals surface area (Å²) in [5.41, 5.74) is -0.137. The SMILES string of the molecule is Cc1nc2ccccc2c2c1OC1(CC2)CC2C(=O)NC3(C(=O)NS(=O)(=O)C4(C)CC4)CC3C=CCCCCCC(NC(=O)OCC(C)(C)C)C(=O)N2C1. The number of nitrogens with one attached hydrogen (secondary N) is 3. The van der Waals surface area contributed by atoms with Gasteiger partial charge in [-0.15, -0.1) is 0 Å². The van der Waals surface area contributed by atoms with Crippen molar-refractivity contribution in [1.82, 2.24) is 25.2 Å². The zero-order valence-electron chi connectivity index (χ0n) is 32.0. The summed E-state index contributed by atoms with van der Waals surface area (Å²) in [6.07, 6.45) is 8.84. The molecule has 1 saturated heterocycles. The predicted molar refractivity (Wildman–Crippen MR) is 202 cm³/mol. The normalized spacial score (nSPS) is 29.4. The number of hydrogen-bond donors (Lipinski definition) is 3. The van der Waals surface area contributed by atoms with Crippen LogP contribution in [0.2, 0.25) is 0 Å². The molecule has 0 bridgehead atoms. The number of aromatic nitrogens is 1. The van der Waals surface area contributed by atoms with Gasteiger partial charge in [0.15, 0.2) is 0 Å². The summed E-state index contributed by atoms with van der Waals surface area (Å²) in [5, 5.41) is 6.75. The summed E-state index contributed by atoms with van der Waals surface area (Å²) in [4.78, 5) is 62.6. The van der Waals surface area contributed by atoms with Crippen LogP contribution in [0.15, 0.2) is 36.4 Å². The molecular weight excluding hydrogens is 711 g/mol. The van der Waals surface area contributed by atoms with Crippen molar-refractivity contribution in [2.24, 2.45) is 11.3 Å². The Morgan fingerprint density at radius 1 is 1.09 bits per heavy atom. The van der Waals surface area contributed by atoms with Gasteiger partial charge in [0.2, 0.25) is 21.8 Å². The van der Waals surface area contributed by atoms with Crippen molar-refractivity contribution in [1.29, 1.82) is 0 Å². The third-order valence-corrected chi connectivity index (χ3v) is 14.0. The van der Waals surface area contributed by atoms with Crippen LogP contribution in [0.5, 0.6) is 5.75 Å². The van der Waals surface area contributed by atoms with Gasteiger partial charge in [0.05, 0.1) is 29.1 Å². The highest BCUT2D eigenvalue weighted by Gasteiger charge is 2.64. The number of benzene rings is 1. The monoisotopic (exact) mass is 763 g/mol. The molecule has 1 aromatic carbocycles. The van der Waals surface area contributed by atoms with Crippen LogP contribution >= 0.6 is 0 Å². The number of pyridine rings is 1. The smallest absolute Gasteiger partial charge is 0.407 e. The molecule has 3 N–H and O–H groups in total. The molecule has 4 heterocycles. The maximum atomic E-state index is 14.7. The fourth-order valence-corrected chi connectivity index (χ4v) is 9.42. The van der Waals surface area contributed by atoms with Gasteiger partial charge in [-0.05, 0) is 76.7 Å². The maximum Gasteiger partial charge on any atom is 0.407 e. The third kappa shape index (κ3) is 7.42. The number of allylic oxidation sites excluding steroid dienone is 1. The van der Waals surface area contributed by atoms with E-state index in [4.69, 9.17) is 14.5 Å². The van der Waals surface area contributed by atoms with Crippen LogP contribution in [0.3, 0.4) is 0 Å². The van der Waals surface area contributed by atoms with Crippen LogP contribution < -0.4 is 20.1 Å². The van der Waals surface area contributed by atoms with Gasteiger partial charge < -0.3 is 25.0 Å². The highest BCUT2D eigenvalue weighted by Crippen LogP contribution is 2.49. The second-order valence-electron chi connectivity index (χ2n) is 17.5. The zero-order chi connectivity index (χ0) is 38.7. The first-order valence-electron chi connectivity index (χ1n) is 19.3. The Labute approximate surface area is 317 Å². The third-order valence-electron chi connectivity index (χ3n) is 11.8. The van der Waals surface area contributed by atoms with Gasteiger partial charge in [-0.1, -0.05) is 64.0 Å². The van der Waals surface area contributed by atoms with Crippen LogP contribution in [0.1, 0.15) is 103 Å². The molecule has 3 fully saturated rings. The Bertz CT molecular complexity index is 2010. The highest BCUT2D eigenvalue weighted by atomic mass is 32.2. The number of hydrogen-bond acceptors (Lipinski definition) is 9. The first-order valence-corrected chi connectivity index (χ1v) is 20.8. The van der Waals surface area contributed by atoms with E-state index in [1.54, 1.807) is 6.92 Å². The number of ether oxygens (including phenoxy) is 2. The van der Waals surface area contributed by atoms with Gasteiger partial charge in [-0.3, -0.25) is 19.1 Å². The lowest BCUT2D eigenvalue weighted by atomic mass is 9.87. The second kappa shape index (κ2) is 13.8. The number of rotatable bonds is 5. The van der Waals surface area contributed by atoms with E-state index in [0.717, 1.165) is 29.3 Å². The van der Waals surface area contributed by atoms with Crippen molar-refractivity contribution in [3.8, 4) is 5.75 Å². The van der Waals surface area contributed by atoms with Gasteiger partial charge in [0.25, 0.3) is 5.91 Å². The van der Waals surface area contributed by atoms with E-state index < -0.39 is 67.7 Å².